The lowest BCUT2D eigenvalue weighted by molar-refractivity contribution is 0.199. The Morgan fingerprint density at radius 1 is 1.44 bits per heavy atom. The van der Waals surface area contributed by atoms with E-state index in [1.807, 2.05) is 12.1 Å². The van der Waals surface area contributed by atoms with Gasteiger partial charge < -0.3 is 10.0 Å². The Bertz CT molecular complexity index is 361. The fourth-order valence-corrected chi connectivity index (χ4v) is 1.99. The van der Waals surface area contributed by atoms with Gasteiger partial charge in [-0.25, -0.2) is 4.98 Å². The van der Waals surface area contributed by atoms with Crippen LogP contribution in [0, 0.1) is 5.92 Å². The minimum absolute atomic E-state index is 0.425. The molecule has 1 aromatic heterocycles. The fourth-order valence-electron chi connectivity index (χ4n) is 1.99. The molecule has 3 heteroatoms. The standard InChI is InChI=1S/C13H20N2O/c1-9(11-4-5-11)15(3)13-8-12(10(2)16)6-7-14-13/h6-11,16H,4-5H2,1-3H3. The third kappa shape index (κ3) is 2.35. The van der Waals surface area contributed by atoms with Crippen LogP contribution in [0.5, 0.6) is 0 Å². The van der Waals surface area contributed by atoms with Gasteiger partial charge in [-0.2, -0.15) is 0 Å². The van der Waals surface area contributed by atoms with Gasteiger partial charge in [0, 0.05) is 19.3 Å². The molecule has 2 atom stereocenters. The third-order valence-corrected chi connectivity index (χ3v) is 3.53. The highest BCUT2D eigenvalue weighted by Gasteiger charge is 2.31. The van der Waals surface area contributed by atoms with Gasteiger partial charge in [-0.1, -0.05) is 0 Å². The summed E-state index contributed by atoms with van der Waals surface area (Å²) in [6, 6.07) is 4.38. The number of hydrogen-bond acceptors (Lipinski definition) is 3. The number of nitrogens with zero attached hydrogens (tertiary/aromatic N) is 2. The average molecular weight is 220 g/mol. The Morgan fingerprint density at radius 2 is 2.12 bits per heavy atom. The SMILES string of the molecule is CC(O)c1ccnc(N(C)C(C)C2CC2)c1. The summed E-state index contributed by atoms with van der Waals surface area (Å²) in [5.41, 5.74) is 0.930. The van der Waals surface area contributed by atoms with Crippen LogP contribution in [-0.4, -0.2) is 23.2 Å². The Kier molecular flexibility index (Phi) is 3.15. The molecule has 1 fully saturated rings. The number of pyridine rings is 1. The van der Waals surface area contributed by atoms with Gasteiger partial charge in [0.25, 0.3) is 0 Å². The molecule has 2 unspecified atom stereocenters. The molecular formula is C13H20N2O. The molecule has 1 aromatic rings. The van der Waals surface area contributed by atoms with Crippen LogP contribution in [0.3, 0.4) is 0 Å². The number of hydrogen-bond donors (Lipinski definition) is 1. The zero-order chi connectivity index (χ0) is 11.7. The second kappa shape index (κ2) is 4.42. The first-order chi connectivity index (χ1) is 7.59. The van der Waals surface area contributed by atoms with E-state index in [9.17, 15) is 5.11 Å². The summed E-state index contributed by atoms with van der Waals surface area (Å²) in [4.78, 5) is 6.58. The Labute approximate surface area is 97.1 Å². The van der Waals surface area contributed by atoms with Crippen molar-refractivity contribution in [3.8, 4) is 0 Å². The molecule has 1 heterocycles. The Morgan fingerprint density at radius 3 is 2.69 bits per heavy atom. The van der Waals surface area contributed by atoms with E-state index in [1.165, 1.54) is 12.8 Å². The molecule has 0 radical (unpaired) electrons. The fraction of sp³-hybridized carbons (Fsp3) is 0.615. The highest BCUT2D eigenvalue weighted by Crippen LogP contribution is 2.36. The lowest BCUT2D eigenvalue weighted by Crippen LogP contribution is -2.31. The van der Waals surface area contributed by atoms with Crippen molar-refractivity contribution in [2.75, 3.05) is 11.9 Å². The maximum absolute atomic E-state index is 9.54. The number of aliphatic hydroxyl groups is 1. The first kappa shape index (κ1) is 11.4. The van der Waals surface area contributed by atoms with Crippen molar-refractivity contribution >= 4 is 5.82 Å². The predicted molar refractivity (Wildman–Crippen MR) is 65.5 cm³/mol. The van der Waals surface area contributed by atoms with Gasteiger partial charge in [0.2, 0.25) is 0 Å². The van der Waals surface area contributed by atoms with E-state index in [2.05, 4.69) is 23.9 Å². The normalized spacial score (nSPS) is 19.2. The van der Waals surface area contributed by atoms with Crippen LogP contribution in [0.25, 0.3) is 0 Å². The van der Waals surface area contributed by atoms with E-state index in [1.54, 1.807) is 13.1 Å². The average Bonchev–Trinajstić information content (AvgIpc) is 3.11. The summed E-state index contributed by atoms with van der Waals surface area (Å²) in [7, 11) is 2.08. The number of aliphatic hydroxyl groups excluding tert-OH is 1. The van der Waals surface area contributed by atoms with E-state index in [0.29, 0.717) is 6.04 Å². The first-order valence-electron chi connectivity index (χ1n) is 5.96. The maximum Gasteiger partial charge on any atom is 0.128 e. The maximum atomic E-state index is 9.54. The Balaban J connectivity index is 2.15. The van der Waals surface area contributed by atoms with Crippen molar-refractivity contribution in [2.45, 2.75) is 38.8 Å². The molecule has 0 saturated heterocycles. The van der Waals surface area contributed by atoms with Crippen LogP contribution in [-0.2, 0) is 0 Å². The minimum Gasteiger partial charge on any atom is -0.389 e. The molecule has 1 aliphatic carbocycles. The molecule has 0 amide bonds. The van der Waals surface area contributed by atoms with Gasteiger partial charge in [0.1, 0.15) is 5.82 Å². The topological polar surface area (TPSA) is 36.4 Å². The van der Waals surface area contributed by atoms with Gasteiger partial charge in [-0.3, -0.25) is 0 Å². The van der Waals surface area contributed by atoms with Crippen LogP contribution < -0.4 is 4.90 Å². The van der Waals surface area contributed by atoms with Crippen molar-refractivity contribution in [3.05, 3.63) is 23.9 Å². The zero-order valence-electron chi connectivity index (χ0n) is 10.2. The summed E-state index contributed by atoms with van der Waals surface area (Å²) in [6.45, 7) is 4.03. The number of rotatable bonds is 4. The third-order valence-electron chi connectivity index (χ3n) is 3.53. The van der Waals surface area contributed by atoms with E-state index < -0.39 is 6.10 Å². The summed E-state index contributed by atoms with van der Waals surface area (Å²) >= 11 is 0. The largest absolute Gasteiger partial charge is 0.389 e. The number of aromatic nitrogens is 1. The summed E-state index contributed by atoms with van der Waals surface area (Å²) in [6.07, 6.45) is 4.02. The van der Waals surface area contributed by atoms with E-state index in [0.717, 1.165) is 17.3 Å². The molecule has 0 aliphatic heterocycles. The van der Waals surface area contributed by atoms with Crippen LogP contribution in [0.4, 0.5) is 5.82 Å². The van der Waals surface area contributed by atoms with Crippen molar-refractivity contribution in [1.29, 1.82) is 0 Å². The molecule has 0 spiro atoms. The lowest BCUT2D eigenvalue weighted by atomic mass is 10.1. The first-order valence-corrected chi connectivity index (χ1v) is 5.96. The van der Waals surface area contributed by atoms with Crippen LogP contribution in [0.1, 0.15) is 38.4 Å². The van der Waals surface area contributed by atoms with Gasteiger partial charge in [0.05, 0.1) is 6.10 Å². The molecule has 3 nitrogen and oxygen atoms in total. The molecule has 1 saturated carbocycles. The van der Waals surface area contributed by atoms with Gasteiger partial charge >= 0.3 is 0 Å². The van der Waals surface area contributed by atoms with Crippen LogP contribution in [0.15, 0.2) is 18.3 Å². The smallest absolute Gasteiger partial charge is 0.128 e. The summed E-state index contributed by atoms with van der Waals surface area (Å²) < 4.78 is 0. The highest BCUT2D eigenvalue weighted by molar-refractivity contribution is 5.42. The van der Waals surface area contributed by atoms with Crippen molar-refractivity contribution in [2.24, 2.45) is 5.92 Å². The molecule has 16 heavy (non-hydrogen) atoms. The molecule has 0 aromatic carbocycles. The second-order valence-electron chi connectivity index (χ2n) is 4.81. The number of anilines is 1. The molecule has 1 N–H and O–H groups in total. The zero-order valence-corrected chi connectivity index (χ0v) is 10.2. The summed E-state index contributed by atoms with van der Waals surface area (Å²) in [5.74, 6) is 1.78. The highest BCUT2D eigenvalue weighted by atomic mass is 16.3. The molecule has 0 bridgehead atoms. The summed E-state index contributed by atoms with van der Waals surface area (Å²) in [5, 5.41) is 9.54. The molecule has 88 valence electrons. The Hall–Kier alpha value is -1.09. The quantitative estimate of drug-likeness (QED) is 0.846. The monoisotopic (exact) mass is 220 g/mol. The van der Waals surface area contributed by atoms with Gasteiger partial charge in [-0.05, 0) is 50.3 Å². The molecule has 1 aliphatic rings. The molecule has 2 rings (SSSR count). The van der Waals surface area contributed by atoms with Gasteiger partial charge in [0.15, 0.2) is 0 Å². The second-order valence-corrected chi connectivity index (χ2v) is 4.81. The van der Waals surface area contributed by atoms with Gasteiger partial charge in [-0.15, -0.1) is 0 Å². The van der Waals surface area contributed by atoms with E-state index in [-0.39, 0.29) is 0 Å². The minimum atomic E-state index is -0.425. The van der Waals surface area contributed by atoms with E-state index >= 15 is 0 Å². The van der Waals surface area contributed by atoms with Crippen LogP contribution in [0.2, 0.25) is 0 Å². The lowest BCUT2D eigenvalue weighted by Gasteiger charge is -2.26. The van der Waals surface area contributed by atoms with Crippen molar-refractivity contribution < 1.29 is 5.11 Å². The van der Waals surface area contributed by atoms with E-state index in [4.69, 9.17) is 0 Å². The van der Waals surface area contributed by atoms with Crippen molar-refractivity contribution in [1.82, 2.24) is 4.98 Å². The van der Waals surface area contributed by atoms with Crippen molar-refractivity contribution in [3.63, 3.8) is 0 Å². The van der Waals surface area contributed by atoms with Crippen LogP contribution >= 0.6 is 0 Å². The predicted octanol–water partition coefficient (Wildman–Crippen LogP) is 2.37. The molecular weight excluding hydrogens is 200 g/mol.